The van der Waals surface area contributed by atoms with Gasteiger partial charge in [0.25, 0.3) is 0 Å². The van der Waals surface area contributed by atoms with E-state index in [-0.39, 0.29) is 18.1 Å². The molecule has 0 aliphatic carbocycles. The van der Waals surface area contributed by atoms with Crippen LogP contribution < -0.4 is 5.73 Å². The second kappa shape index (κ2) is 7.71. The molecule has 0 aromatic carbocycles. The van der Waals surface area contributed by atoms with Gasteiger partial charge in [0.2, 0.25) is 6.41 Å². The molecule has 1 aliphatic rings. The van der Waals surface area contributed by atoms with Crippen LogP contribution in [0.5, 0.6) is 0 Å². The monoisotopic (exact) mass is 313 g/mol. The number of carbonyl (C=O) groups is 1. The summed E-state index contributed by atoms with van der Waals surface area (Å²) < 4.78 is 10.5. The van der Waals surface area contributed by atoms with Crippen molar-refractivity contribution in [3.63, 3.8) is 0 Å². The Hall–Kier alpha value is -1.44. The number of ether oxygens (including phenoxy) is 2. The first-order valence-electron chi connectivity index (χ1n) is 7.38. The van der Waals surface area contributed by atoms with Crippen LogP contribution in [0.15, 0.2) is 16.3 Å². The second-order valence-electron chi connectivity index (χ2n) is 6.18. The van der Waals surface area contributed by atoms with Crippen LogP contribution in [0.2, 0.25) is 0 Å². The van der Waals surface area contributed by atoms with Crippen LogP contribution in [-0.2, 0) is 14.3 Å². The molecule has 1 atom stereocenters. The molecule has 7 heteroatoms. The lowest BCUT2D eigenvalue weighted by Crippen LogP contribution is -2.56. The van der Waals surface area contributed by atoms with E-state index in [0.717, 1.165) is 0 Å². The normalized spacial score (nSPS) is 19.7. The minimum absolute atomic E-state index is 0.0318. The van der Waals surface area contributed by atoms with Gasteiger partial charge in [-0.2, -0.15) is 0 Å². The zero-order valence-corrected chi connectivity index (χ0v) is 14.0. The van der Waals surface area contributed by atoms with Crippen molar-refractivity contribution >= 4 is 12.2 Å². The number of nitrogens with two attached hydrogens (primary N) is 1. The summed E-state index contributed by atoms with van der Waals surface area (Å²) in [7, 11) is 1.57. The van der Waals surface area contributed by atoms with E-state index in [1.807, 2.05) is 20.8 Å². The number of nitrogens with zero attached hydrogens (tertiary/aromatic N) is 2. The van der Waals surface area contributed by atoms with Crippen LogP contribution in [0.3, 0.4) is 0 Å². The third-order valence-corrected chi connectivity index (χ3v) is 3.19. The van der Waals surface area contributed by atoms with E-state index in [0.29, 0.717) is 18.8 Å². The van der Waals surface area contributed by atoms with E-state index in [1.165, 1.54) is 6.21 Å². The summed E-state index contributed by atoms with van der Waals surface area (Å²) in [5.74, 6) is -0.508. The first-order chi connectivity index (χ1) is 10.2. The molecule has 0 bridgehead atoms. The van der Waals surface area contributed by atoms with Gasteiger partial charge in [-0.1, -0.05) is 0 Å². The molecule has 3 N–H and O–H groups in total. The third-order valence-electron chi connectivity index (χ3n) is 3.19. The number of aliphatic hydroxyl groups is 1. The zero-order valence-electron chi connectivity index (χ0n) is 14.0. The number of rotatable bonds is 6. The van der Waals surface area contributed by atoms with E-state index in [9.17, 15) is 9.90 Å². The molecule has 1 aliphatic heterocycles. The first kappa shape index (κ1) is 18.6. The van der Waals surface area contributed by atoms with E-state index < -0.39 is 18.0 Å². The van der Waals surface area contributed by atoms with Gasteiger partial charge in [-0.3, -0.25) is 9.89 Å². The van der Waals surface area contributed by atoms with Crippen molar-refractivity contribution < 1.29 is 19.4 Å². The highest BCUT2D eigenvalue weighted by Gasteiger charge is 2.36. The molecule has 126 valence electrons. The quantitative estimate of drug-likeness (QED) is 0.320. The average molecular weight is 313 g/mol. The summed E-state index contributed by atoms with van der Waals surface area (Å²) in [5.41, 5.74) is 6.35. The molecule has 0 saturated carbocycles. The van der Waals surface area contributed by atoms with Crippen LogP contribution in [0.4, 0.5) is 0 Å². The highest BCUT2D eigenvalue weighted by Crippen LogP contribution is 2.26. The van der Waals surface area contributed by atoms with Crippen molar-refractivity contribution in [3.8, 4) is 0 Å². The number of aliphatic imine (C=N–C) groups is 1. The standard InChI is InChI=1S/C15H27N3O4/c1-6-21-13(19)11(7-17-5)12(16)10-8-18(9-10)14(20)22-15(2,3)4/h7,10,14,20H,6,8-9,16H2,1-5H3. The maximum atomic E-state index is 11.9. The van der Waals surface area contributed by atoms with E-state index >= 15 is 0 Å². The molecular formula is C15H27N3O4. The molecule has 0 spiro atoms. The van der Waals surface area contributed by atoms with Crippen LogP contribution >= 0.6 is 0 Å². The summed E-state index contributed by atoms with van der Waals surface area (Å²) in [6, 6.07) is 0. The summed E-state index contributed by atoms with van der Waals surface area (Å²) in [6.45, 7) is 8.67. The van der Waals surface area contributed by atoms with Crippen molar-refractivity contribution in [2.24, 2.45) is 16.6 Å². The Morgan fingerprint density at radius 2 is 2.09 bits per heavy atom. The van der Waals surface area contributed by atoms with Crippen LogP contribution in [-0.4, -0.2) is 60.9 Å². The van der Waals surface area contributed by atoms with E-state index in [1.54, 1.807) is 18.9 Å². The minimum atomic E-state index is -0.977. The highest BCUT2D eigenvalue weighted by atomic mass is 16.6. The Balaban J connectivity index is 2.69. The van der Waals surface area contributed by atoms with Crippen molar-refractivity contribution in [2.45, 2.75) is 39.7 Å². The van der Waals surface area contributed by atoms with E-state index in [4.69, 9.17) is 15.2 Å². The second-order valence-corrected chi connectivity index (χ2v) is 6.18. The number of esters is 1. The predicted molar refractivity (Wildman–Crippen MR) is 84.2 cm³/mol. The smallest absolute Gasteiger partial charge is 0.341 e. The molecule has 1 saturated heterocycles. The van der Waals surface area contributed by atoms with Crippen molar-refractivity contribution in [1.82, 2.24) is 4.90 Å². The lowest BCUT2D eigenvalue weighted by atomic mass is 9.93. The molecule has 0 radical (unpaired) electrons. The largest absolute Gasteiger partial charge is 0.462 e. The van der Waals surface area contributed by atoms with Crippen molar-refractivity contribution in [1.29, 1.82) is 0 Å². The van der Waals surface area contributed by atoms with Gasteiger partial charge in [0, 0.05) is 38.0 Å². The van der Waals surface area contributed by atoms with Gasteiger partial charge in [0.15, 0.2) is 0 Å². The van der Waals surface area contributed by atoms with Gasteiger partial charge in [-0.15, -0.1) is 0 Å². The topological polar surface area (TPSA) is 97.4 Å². The zero-order chi connectivity index (χ0) is 16.9. The van der Waals surface area contributed by atoms with Crippen molar-refractivity contribution in [3.05, 3.63) is 11.3 Å². The van der Waals surface area contributed by atoms with Gasteiger partial charge in [-0.25, -0.2) is 4.79 Å². The van der Waals surface area contributed by atoms with Gasteiger partial charge in [0.05, 0.1) is 17.8 Å². The molecule has 7 nitrogen and oxygen atoms in total. The molecule has 1 unspecified atom stereocenters. The molecule has 22 heavy (non-hydrogen) atoms. The predicted octanol–water partition coefficient (Wildman–Crippen LogP) is 0.486. The average Bonchev–Trinajstić information content (AvgIpc) is 2.31. The van der Waals surface area contributed by atoms with Crippen molar-refractivity contribution in [2.75, 3.05) is 26.7 Å². The Morgan fingerprint density at radius 1 is 1.50 bits per heavy atom. The fourth-order valence-corrected chi connectivity index (χ4v) is 2.08. The van der Waals surface area contributed by atoms with Gasteiger partial charge in [0.1, 0.15) is 0 Å². The fraction of sp³-hybridized carbons (Fsp3) is 0.733. The Bertz CT molecular complexity index is 448. The lowest BCUT2D eigenvalue weighted by Gasteiger charge is -2.43. The number of carbonyl (C=O) groups excluding carboxylic acids is 1. The number of hydrogen-bond donors (Lipinski definition) is 2. The Labute approximate surface area is 131 Å². The van der Waals surface area contributed by atoms with E-state index in [2.05, 4.69) is 4.99 Å². The molecule has 0 amide bonds. The Kier molecular flexibility index (Phi) is 6.52. The Morgan fingerprint density at radius 3 is 2.55 bits per heavy atom. The SMILES string of the molecule is CCOC(=O)C(C=NC)=C(N)C1CN(C(O)OC(C)(C)C)C1. The molecule has 0 aromatic heterocycles. The van der Waals surface area contributed by atoms with Gasteiger partial charge in [-0.05, 0) is 27.7 Å². The van der Waals surface area contributed by atoms with Crippen LogP contribution in [0.1, 0.15) is 27.7 Å². The summed E-state index contributed by atoms with van der Waals surface area (Å²) >= 11 is 0. The molecule has 0 aromatic rings. The molecule has 1 fully saturated rings. The molecular weight excluding hydrogens is 286 g/mol. The number of hydrogen-bond acceptors (Lipinski definition) is 7. The first-order valence-corrected chi connectivity index (χ1v) is 7.38. The summed E-state index contributed by atoms with van der Waals surface area (Å²) in [6.07, 6.45) is 0.438. The van der Waals surface area contributed by atoms with Crippen LogP contribution in [0.25, 0.3) is 0 Å². The van der Waals surface area contributed by atoms with Crippen LogP contribution in [0, 0.1) is 5.92 Å². The van der Waals surface area contributed by atoms with Gasteiger partial charge < -0.3 is 20.3 Å². The fourth-order valence-electron chi connectivity index (χ4n) is 2.08. The number of aliphatic hydroxyl groups excluding tert-OH is 1. The summed E-state index contributed by atoms with van der Waals surface area (Å²) in [5, 5.41) is 9.97. The highest BCUT2D eigenvalue weighted by molar-refractivity contribution is 6.10. The third kappa shape index (κ3) is 5.08. The maximum Gasteiger partial charge on any atom is 0.341 e. The minimum Gasteiger partial charge on any atom is -0.462 e. The lowest BCUT2D eigenvalue weighted by molar-refractivity contribution is -0.258. The summed E-state index contributed by atoms with van der Waals surface area (Å²) in [4.78, 5) is 17.5. The molecule has 1 rings (SSSR count). The number of likely N-dealkylation sites (tertiary alicyclic amines) is 1. The maximum absolute atomic E-state index is 11.9. The van der Waals surface area contributed by atoms with Gasteiger partial charge >= 0.3 is 5.97 Å². The molecule has 1 heterocycles.